The molecule has 0 heterocycles. The Labute approximate surface area is 93.8 Å². The molecule has 0 amide bonds. The Balaban J connectivity index is 2.92. The fourth-order valence-electron chi connectivity index (χ4n) is 1.24. The van der Waals surface area contributed by atoms with E-state index in [9.17, 15) is 4.39 Å². The van der Waals surface area contributed by atoms with Gasteiger partial charge in [-0.3, -0.25) is 0 Å². The second-order valence-electron chi connectivity index (χ2n) is 3.06. The molecule has 0 aliphatic heterocycles. The highest BCUT2D eigenvalue weighted by Gasteiger charge is 2.00. The average molecular weight is 224 g/mol. The summed E-state index contributed by atoms with van der Waals surface area (Å²) in [6, 6.07) is 6.48. The summed E-state index contributed by atoms with van der Waals surface area (Å²) >= 11 is 5.52. The van der Waals surface area contributed by atoms with E-state index >= 15 is 0 Å². The molecule has 3 heteroatoms. The molecule has 0 bridgehead atoms. The van der Waals surface area contributed by atoms with Gasteiger partial charge in [0.05, 0.1) is 12.5 Å². The quantitative estimate of drug-likeness (QED) is 0.717. The van der Waals surface area contributed by atoms with Gasteiger partial charge in [-0.15, -0.1) is 11.6 Å². The molecule has 0 unspecified atom stereocenters. The Kier molecular flexibility index (Phi) is 4.86. The molecular weight excluding hydrogens is 213 g/mol. The van der Waals surface area contributed by atoms with Crippen molar-refractivity contribution in [1.82, 2.24) is 0 Å². The first-order valence-corrected chi connectivity index (χ1v) is 5.19. The van der Waals surface area contributed by atoms with Gasteiger partial charge < -0.3 is 0 Å². The molecule has 78 valence electrons. The summed E-state index contributed by atoms with van der Waals surface area (Å²) in [7, 11) is 0. The number of nitrogens with zero attached hydrogens (tertiary/aromatic N) is 1. The second kappa shape index (κ2) is 6.21. The zero-order valence-corrected chi connectivity index (χ0v) is 8.97. The molecule has 1 nitrogen and oxygen atoms in total. The molecule has 15 heavy (non-hydrogen) atoms. The van der Waals surface area contributed by atoms with Crippen molar-refractivity contribution >= 4 is 17.7 Å². The summed E-state index contributed by atoms with van der Waals surface area (Å²) in [5.41, 5.74) is 1.59. The largest absolute Gasteiger partial charge is 0.207 e. The van der Waals surface area contributed by atoms with E-state index in [2.05, 4.69) is 6.07 Å². The molecule has 1 aromatic rings. The van der Waals surface area contributed by atoms with Crippen LogP contribution in [0.1, 0.15) is 17.5 Å². The number of hydrogen-bond donors (Lipinski definition) is 0. The highest BCUT2D eigenvalue weighted by Crippen LogP contribution is 2.14. The summed E-state index contributed by atoms with van der Waals surface area (Å²) < 4.78 is 13.0. The molecule has 0 saturated heterocycles. The second-order valence-corrected chi connectivity index (χ2v) is 3.44. The summed E-state index contributed by atoms with van der Waals surface area (Å²) in [6.07, 6.45) is 4.71. The average Bonchev–Trinajstić information content (AvgIpc) is 2.22. The predicted molar refractivity (Wildman–Crippen MR) is 60.1 cm³/mol. The lowest BCUT2D eigenvalue weighted by Crippen LogP contribution is -1.88. The van der Waals surface area contributed by atoms with Crippen LogP contribution in [0.3, 0.4) is 0 Å². The van der Waals surface area contributed by atoms with Gasteiger partial charge in [-0.05, 0) is 29.7 Å². The van der Waals surface area contributed by atoms with Crippen LogP contribution in [0.5, 0.6) is 0 Å². The van der Waals surface area contributed by atoms with Crippen LogP contribution in [0.25, 0.3) is 6.08 Å². The number of halogens is 2. The normalized spacial score (nSPS) is 10.5. The maximum absolute atomic E-state index is 13.0. The number of allylic oxidation sites excluding steroid dienone is 1. The number of hydrogen-bond acceptors (Lipinski definition) is 1. The minimum atomic E-state index is -0.290. The first-order chi connectivity index (χ1) is 7.27. The molecule has 0 aliphatic carbocycles. The zero-order valence-electron chi connectivity index (χ0n) is 8.21. The molecule has 0 aromatic heterocycles. The van der Waals surface area contributed by atoms with Gasteiger partial charge in [0.25, 0.3) is 0 Å². The van der Waals surface area contributed by atoms with Crippen LogP contribution < -0.4 is 0 Å². The highest BCUT2D eigenvalue weighted by atomic mass is 35.5. The molecule has 1 aromatic carbocycles. The first-order valence-electron chi connectivity index (χ1n) is 4.66. The van der Waals surface area contributed by atoms with Crippen LogP contribution in [0, 0.1) is 17.1 Å². The standard InChI is InChI=1S/C12H11ClFN/c13-7-2-1-3-11-9-12(14)5-4-10(11)6-8-15/h1,3-5,9H,2,6-7H2. The molecule has 0 radical (unpaired) electrons. The summed E-state index contributed by atoms with van der Waals surface area (Å²) in [5.74, 6) is 0.251. The number of alkyl halides is 1. The maximum atomic E-state index is 13.0. The smallest absolute Gasteiger partial charge is 0.123 e. The van der Waals surface area contributed by atoms with Gasteiger partial charge in [-0.1, -0.05) is 18.2 Å². The number of nitriles is 1. The Morgan fingerprint density at radius 2 is 2.27 bits per heavy atom. The SMILES string of the molecule is N#CCc1ccc(F)cc1C=CCCCl. The van der Waals surface area contributed by atoms with Crippen LogP contribution >= 0.6 is 11.6 Å². The van der Waals surface area contributed by atoms with E-state index in [0.717, 1.165) is 17.5 Å². The van der Waals surface area contributed by atoms with Gasteiger partial charge in [0.1, 0.15) is 5.82 Å². The van der Waals surface area contributed by atoms with E-state index in [4.69, 9.17) is 16.9 Å². The van der Waals surface area contributed by atoms with Crippen LogP contribution in [0.2, 0.25) is 0 Å². The van der Waals surface area contributed by atoms with E-state index in [0.29, 0.717) is 12.3 Å². The van der Waals surface area contributed by atoms with Gasteiger partial charge in [-0.2, -0.15) is 5.26 Å². The molecule has 0 spiro atoms. The van der Waals surface area contributed by atoms with Gasteiger partial charge in [0.2, 0.25) is 0 Å². The van der Waals surface area contributed by atoms with Gasteiger partial charge in [-0.25, -0.2) is 4.39 Å². The minimum absolute atomic E-state index is 0.290. The molecule has 0 saturated carbocycles. The molecule has 0 atom stereocenters. The molecular formula is C12H11ClFN. The summed E-state index contributed by atoms with van der Waals surface area (Å²) in [6.45, 7) is 0. The van der Waals surface area contributed by atoms with Crippen LogP contribution in [0.15, 0.2) is 24.3 Å². The summed E-state index contributed by atoms with van der Waals surface area (Å²) in [4.78, 5) is 0. The van der Waals surface area contributed by atoms with E-state index < -0.39 is 0 Å². The third-order valence-electron chi connectivity index (χ3n) is 1.95. The van der Waals surface area contributed by atoms with Crippen molar-refractivity contribution in [2.45, 2.75) is 12.8 Å². The summed E-state index contributed by atoms with van der Waals surface area (Å²) in [5, 5.41) is 8.60. The lowest BCUT2D eigenvalue weighted by Gasteiger charge is -2.01. The Morgan fingerprint density at radius 3 is 2.93 bits per heavy atom. The van der Waals surface area contributed by atoms with Gasteiger partial charge in [0.15, 0.2) is 0 Å². The van der Waals surface area contributed by atoms with Crippen molar-refractivity contribution in [2.24, 2.45) is 0 Å². The predicted octanol–water partition coefficient (Wildman–Crippen LogP) is 3.53. The van der Waals surface area contributed by atoms with Crippen molar-refractivity contribution in [3.63, 3.8) is 0 Å². The highest BCUT2D eigenvalue weighted by molar-refractivity contribution is 6.17. The number of benzene rings is 1. The Morgan fingerprint density at radius 1 is 1.47 bits per heavy atom. The minimum Gasteiger partial charge on any atom is -0.207 e. The fraction of sp³-hybridized carbons (Fsp3) is 0.250. The van der Waals surface area contributed by atoms with Crippen LogP contribution in [0.4, 0.5) is 4.39 Å². The lowest BCUT2D eigenvalue weighted by atomic mass is 10.0. The van der Waals surface area contributed by atoms with Crippen molar-refractivity contribution in [3.8, 4) is 6.07 Å². The van der Waals surface area contributed by atoms with Crippen LogP contribution in [-0.4, -0.2) is 5.88 Å². The monoisotopic (exact) mass is 223 g/mol. The Bertz CT molecular complexity index is 393. The molecule has 0 aliphatic rings. The first kappa shape index (κ1) is 11.7. The van der Waals surface area contributed by atoms with Crippen molar-refractivity contribution in [1.29, 1.82) is 5.26 Å². The fourth-order valence-corrected chi connectivity index (χ4v) is 1.37. The van der Waals surface area contributed by atoms with Crippen molar-refractivity contribution in [2.75, 3.05) is 5.88 Å². The molecule has 0 fully saturated rings. The lowest BCUT2D eigenvalue weighted by molar-refractivity contribution is 0.627. The Hall–Kier alpha value is -1.33. The third kappa shape index (κ3) is 3.73. The van der Waals surface area contributed by atoms with E-state index in [1.54, 1.807) is 12.1 Å². The van der Waals surface area contributed by atoms with E-state index in [-0.39, 0.29) is 5.82 Å². The van der Waals surface area contributed by atoms with E-state index in [1.807, 2.05) is 6.08 Å². The molecule has 1 rings (SSSR count). The topological polar surface area (TPSA) is 23.8 Å². The zero-order chi connectivity index (χ0) is 11.1. The molecule has 0 N–H and O–H groups in total. The van der Waals surface area contributed by atoms with Gasteiger partial charge >= 0.3 is 0 Å². The number of rotatable bonds is 4. The van der Waals surface area contributed by atoms with Crippen LogP contribution in [-0.2, 0) is 6.42 Å². The third-order valence-corrected chi connectivity index (χ3v) is 2.17. The van der Waals surface area contributed by atoms with Crippen molar-refractivity contribution < 1.29 is 4.39 Å². The van der Waals surface area contributed by atoms with E-state index in [1.165, 1.54) is 12.1 Å². The maximum Gasteiger partial charge on any atom is 0.123 e. The van der Waals surface area contributed by atoms with Crippen molar-refractivity contribution in [3.05, 3.63) is 41.2 Å². The van der Waals surface area contributed by atoms with Gasteiger partial charge in [0, 0.05) is 5.88 Å².